The maximum atomic E-state index is 12.9. The van der Waals surface area contributed by atoms with Crippen molar-refractivity contribution in [3.63, 3.8) is 0 Å². The maximum Gasteiger partial charge on any atom is 0.335 e. The third-order valence-corrected chi connectivity index (χ3v) is 17.9. The van der Waals surface area contributed by atoms with E-state index in [9.17, 15) is 82.4 Å². The number of ketones is 4. The summed E-state index contributed by atoms with van der Waals surface area (Å²) < 4.78 is 54.5. The van der Waals surface area contributed by atoms with Crippen LogP contribution in [0.15, 0.2) is 48.5 Å². The topological polar surface area (TPSA) is 493 Å². The van der Waals surface area contributed by atoms with Crippen molar-refractivity contribution in [3.8, 4) is 11.5 Å². The van der Waals surface area contributed by atoms with Crippen LogP contribution in [0.25, 0.3) is 0 Å². The van der Waals surface area contributed by atoms with Gasteiger partial charge < -0.3 is 99.5 Å². The summed E-state index contributed by atoms with van der Waals surface area (Å²) in [4.78, 5) is 169. The van der Waals surface area contributed by atoms with Gasteiger partial charge in [-0.3, -0.25) is 52.7 Å². The van der Waals surface area contributed by atoms with Gasteiger partial charge in [-0.15, -0.1) is 0 Å². The number of carboxylic acids is 5. The third-order valence-electron chi connectivity index (χ3n) is 17.9. The Labute approximate surface area is 676 Å². The highest BCUT2D eigenvalue weighted by Crippen LogP contribution is 2.21. The number of benzene rings is 2. The van der Waals surface area contributed by atoms with E-state index in [-0.39, 0.29) is 249 Å². The number of aromatic carboxylic acids is 2. The van der Waals surface area contributed by atoms with Crippen molar-refractivity contribution < 1.29 is 143 Å². The molecule has 0 aromatic heterocycles. The highest BCUT2D eigenvalue weighted by Gasteiger charge is 2.26. The number of rotatable bonds is 79. The number of aliphatic carboxylic acids is 3. The van der Waals surface area contributed by atoms with E-state index in [0.717, 1.165) is 51.4 Å². The predicted molar refractivity (Wildman–Crippen MR) is 421 cm³/mol. The van der Waals surface area contributed by atoms with E-state index in [4.69, 9.17) is 57.6 Å². The van der Waals surface area contributed by atoms with Gasteiger partial charge in [0.25, 0.3) is 0 Å². The van der Waals surface area contributed by atoms with Crippen molar-refractivity contribution in [2.75, 3.05) is 145 Å². The molecule has 2 aromatic carbocycles. The average molecular weight is 1640 g/mol. The first-order valence-corrected chi connectivity index (χ1v) is 40.1. The number of nitrogens with one attached hydrogen (secondary N) is 5. The summed E-state index contributed by atoms with van der Waals surface area (Å²) in [5.74, 6) is -8.80. The van der Waals surface area contributed by atoms with E-state index < -0.39 is 53.6 Å². The molecular weight excluding hydrogens is 1510 g/mol. The Hall–Kier alpha value is -8.90. The summed E-state index contributed by atoms with van der Waals surface area (Å²) in [5, 5.41) is 60.3. The normalized spacial score (nSPS) is 12.1. The Morgan fingerprint density at radius 2 is 0.713 bits per heavy atom. The van der Waals surface area contributed by atoms with Gasteiger partial charge in [0.2, 0.25) is 29.5 Å². The zero-order valence-electron chi connectivity index (χ0n) is 66.8. The molecule has 0 saturated carbocycles. The first kappa shape index (κ1) is 102. The zero-order chi connectivity index (χ0) is 84.3. The summed E-state index contributed by atoms with van der Waals surface area (Å²) >= 11 is 0. The van der Waals surface area contributed by atoms with Gasteiger partial charge in [-0.25, -0.2) is 14.4 Å². The second kappa shape index (κ2) is 67.3. The van der Waals surface area contributed by atoms with E-state index in [1.54, 1.807) is 31.2 Å². The van der Waals surface area contributed by atoms with Crippen molar-refractivity contribution in [3.05, 3.63) is 59.7 Å². The molecule has 34 heteroatoms. The highest BCUT2D eigenvalue weighted by atomic mass is 16.5. The van der Waals surface area contributed by atoms with Crippen LogP contribution in [0, 0.1) is 17.8 Å². The molecule has 5 amide bonds. The van der Waals surface area contributed by atoms with Crippen LogP contribution in [0.2, 0.25) is 0 Å². The van der Waals surface area contributed by atoms with Gasteiger partial charge in [-0.05, 0) is 126 Å². The van der Waals surface area contributed by atoms with E-state index >= 15 is 0 Å². The van der Waals surface area contributed by atoms with E-state index in [1.165, 1.54) is 24.3 Å². The fourth-order valence-corrected chi connectivity index (χ4v) is 11.2. The molecule has 10 N–H and O–H groups in total. The van der Waals surface area contributed by atoms with Crippen molar-refractivity contribution in [1.82, 2.24) is 26.6 Å². The minimum absolute atomic E-state index is 0. The number of carbonyl (C=O) groups is 14. The van der Waals surface area contributed by atoms with Crippen molar-refractivity contribution in [1.29, 1.82) is 0 Å². The van der Waals surface area contributed by atoms with Crippen LogP contribution in [0.5, 0.6) is 11.5 Å². The summed E-state index contributed by atoms with van der Waals surface area (Å²) in [6.45, 7) is 5.33. The van der Waals surface area contributed by atoms with Crippen LogP contribution in [-0.4, -0.2) is 259 Å². The number of carbonyl (C=O) groups excluding carboxylic acids is 9. The Bertz CT molecular complexity index is 3150. The Morgan fingerprint density at radius 1 is 0.313 bits per heavy atom. The van der Waals surface area contributed by atoms with Crippen LogP contribution < -0.4 is 36.1 Å². The lowest BCUT2D eigenvalue weighted by molar-refractivity contribution is -0.144. The monoisotopic (exact) mass is 1640 g/mol. The molecule has 652 valence electrons. The number of ether oxygens (including phenoxy) is 10. The second-order valence-corrected chi connectivity index (χ2v) is 27.6. The molecule has 2 aromatic rings. The fourth-order valence-electron chi connectivity index (χ4n) is 11.2. The number of carboxylic acid groups (broad SMARTS) is 5. The smallest absolute Gasteiger partial charge is 0.335 e. The quantitative estimate of drug-likeness (QED) is 0.0288. The molecule has 115 heavy (non-hydrogen) atoms. The number of Topliss-reactive ketones (excluding diaryl/α,β-unsaturated/α-hetero) is 4. The SMILES string of the molecule is C[C@@H](CCCCNC(=O)COCCOCCCC(=O)COCCOCCNC(=O)CC[C@H](CC(=O)CCCCCCCOc1ccc(C(=O)O)cc1)C(=O)O)C(=O)C[C@@H](CCCCNC(=O)COCCOCCNC(=O)COCCOCCCC(=O)CC[C@H](NC(=O)CCCCCCCOc1ccc(C(=O)O)cc1)C(=O)O)C(=O)O.[HH].[HH]. The first-order valence-electron chi connectivity index (χ1n) is 40.1. The molecule has 0 aliphatic heterocycles. The minimum Gasteiger partial charge on any atom is -0.494 e. The van der Waals surface area contributed by atoms with Crippen molar-refractivity contribution in [2.45, 2.75) is 193 Å². The highest BCUT2D eigenvalue weighted by molar-refractivity contribution is 5.89. The van der Waals surface area contributed by atoms with Gasteiger partial charge in [-0.2, -0.15) is 0 Å². The lowest BCUT2D eigenvalue weighted by Crippen LogP contribution is -2.41. The molecule has 0 heterocycles. The molecule has 0 spiro atoms. The molecule has 0 radical (unpaired) electrons. The van der Waals surface area contributed by atoms with Crippen molar-refractivity contribution in [2.24, 2.45) is 17.8 Å². The molecule has 4 atom stereocenters. The molecule has 0 aliphatic carbocycles. The first-order chi connectivity index (χ1) is 55.4. The third kappa shape index (κ3) is 57.7. The van der Waals surface area contributed by atoms with Crippen LogP contribution in [0.4, 0.5) is 0 Å². The summed E-state index contributed by atoms with van der Waals surface area (Å²) in [6, 6.07) is 11.2. The lowest BCUT2D eigenvalue weighted by atomic mass is 9.89. The fraction of sp³-hybridized carbons (Fsp3) is 0.679. The zero-order valence-corrected chi connectivity index (χ0v) is 66.8. The van der Waals surface area contributed by atoms with E-state index in [1.807, 2.05) is 0 Å². The molecule has 2 rings (SSSR count). The molecule has 0 fully saturated rings. The molecule has 0 aliphatic rings. The van der Waals surface area contributed by atoms with E-state index in [0.29, 0.717) is 102 Å². The number of unbranched alkanes of at least 4 members (excludes halogenated alkanes) is 10. The molecule has 0 bridgehead atoms. The van der Waals surface area contributed by atoms with Crippen LogP contribution >= 0.6 is 0 Å². The number of amides is 5. The Morgan fingerprint density at radius 3 is 1.19 bits per heavy atom. The number of hydrogen-bond acceptors (Lipinski definition) is 24. The van der Waals surface area contributed by atoms with Gasteiger partial charge in [0.1, 0.15) is 61.3 Å². The largest absolute Gasteiger partial charge is 0.494 e. The predicted octanol–water partition coefficient (Wildman–Crippen LogP) is 7.44. The maximum absolute atomic E-state index is 12.9. The molecule has 0 saturated heterocycles. The van der Waals surface area contributed by atoms with Gasteiger partial charge in [-0.1, -0.05) is 58.3 Å². The summed E-state index contributed by atoms with van der Waals surface area (Å²) in [6.07, 6.45) is 12.3. The Balaban J connectivity index is 0.0000673. The van der Waals surface area contributed by atoms with Crippen molar-refractivity contribution >= 4 is 82.5 Å². The van der Waals surface area contributed by atoms with Crippen LogP contribution in [0.1, 0.15) is 210 Å². The van der Waals surface area contributed by atoms with Gasteiger partial charge in [0, 0.05) is 99.5 Å². The van der Waals surface area contributed by atoms with Gasteiger partial charge in [0.05, 0.1) is 102 Å². The Kier molecular flexibility index (Phi) is 59.8. The van der Waals surface area contributed by atoms with Crippen LogP contribution in [0.3, 0.4) is 0 Å². The van der Waals surface area contributed by atoms with Gasteiger partial charge >= 0.3 is 29.8 Å². The molecule has 34 nitrogen and oxygen atoms in total. The van der Waals surface area contributed by atoms with Crippen LogP contribution in [-0.2, 0) is 95.4 Å². The lowest BCUT2D eigenvalue weighted by Gasteiger charge is -2.15. The van der Waals surface area contributed by atoms with Gasteiger partial charge in [0.15, 0.2) is 5.78 Å². The summed E-state index contributed by atoms with van der Waals surface area (Å²) in [7, 11) is 0. The minimum atomic E-state index is -1.21. The summed E-state index contributed by atoms with van der Waals surface area (Å²) in [5.41, 5.74) is 0.367. The molecule has 0 unspecified atom stereocenters. The standard InChI is InChI=1S/C81H125N5O29.2H2/c1-60(18-10-12-36-82-74(93)57-111-51-47-107-41-17-22-67(89)56-110-50-48-108-44-38-84-72(91)35-28-64(80(102)103)54-66(88)20-8-4-2-6-14-42-114-68-30-24-61(25-31-68)77(96)97)71(90)55-63(79(100)101)19-11-13-37-83-75(94)58-113-53-49-109-45-39-85-76(95)59-112-52-46-106-40-16-21-65(87)29-34-70(81(104)105)86-73(92)23-9-5-3-7-15-43-115-69-32-26-62(27-33-69)78(98)99;;/h24-27,30-33,60,63-64,70H,2-23,28-29,34-59H2,1H3,(H,82,93)(H,83,94)(H,84,91)(H,85,95)(H,86,92)(H,96,97)(H,98,99)(H,100,101)(H,102,103)(H,104,105);2*1H/t60-,63+,64+,70-;;/m0../s1. The number of hydrogen-bond donors (Lipinski definition) is 10. The van der Waals surface area contributed by atoms with E-state index in [2.05, 4.69) is 26.6 Å². The second-order valence-electron chi connectivity index (χ2n) is 27.6. The average Bonchev–Trinajstić information content (AvgIpc) is 0.910. The molecular formula is C81H129N5O29.